The van der Waals surface area contributed by atoms with E-state index in [0.29, 0.717) is 6.54 Å². The minimum absolute atomic E-state index is 0. The van der Waals surface area contributed by atoms with Crippen molar-refractivity contribution in [2.45, 2.75) is 38.8 Å². The van der Waals surface area contributed by atoms with Gasteiger partial charge in [0.15, 0.2) is 0 Å². The maximum atomic E-state index is 12.6. The van der Waals surface area contributed by atoms with E-state index in [1.165, 1.54) is 0 Å². The van der Waals surface area contributed by atoms with Crippen molar-refractivity contribution in [2.75, 3.05) is 26.2 Å². The second-order valence-corrected chi connectivity index (χ2v) is 5.95. The summed E-state index contributed by atoms with van der Waals surface area (Å²) in [7, 11) is 0. The van der Waals surface area contributed by atoms with Crippen LogP contribution in [-0.4, -0.2) is 43.2 Å². The van der Waals surface area contributed by atoms with Crippen LogP contribution in [0.25, 0.3) is 0 Å². The van der Waals surface area contributed by atoms with Crippen LogP contribution in [0.15, 0.2) is 0 Å². The van der Waals surface area contributed by atoms with E-state index in [0.717, 1.165) is 19.4 Å². The van der Waals surface area contributed by atoms with Crippen molar-refractivity contribution < 1.29 is 18.0 Å². The van der Waals surface area contributed by atoms with E-state index >= 15 is 0 Å². The summed E-state index contributed by atoms with van der Waals surface area (Å²) in [5, 5.41) is 3.20. The van der Waals surface area contributed by atoms with Gasteiger partial charge in [-0.25, -0.2) is 0 Å². The highest BCUT2D eigenvalue weighted by Gasteiger charge is 2.44. The molecule has 0 bridgehead atoms. The van der Waals surface area contributed by atoms with E-state index in [2.05, 4.69) is 5.32 Å². The molecule has 2 rings (SSSR count). The molecule has 1 N–H and O–H groups in total. The smallest absolute Gasteiger partial charge is 0.342 e. The first kappa shape index (κ1) is 17.6. The zero-order valence-corrected chi connectivity index (χ0v) is 12.4. The first-order valence-electron chi connectivity index (χ1n) is 6.90. The first-order valence-corrected chi connectivity index (χ1v) is 6.90. The first-order chi connectivity index (χ1) is 8.83. The summed E-state index contributed by atoms with van der Waals surface area (Å²) >= 11 is 0. The van der Waals surface area contributed by atoms with Gasteiger partial charge >= 0.3 is 6.18 Å². The molecule has 0 radical (unpaired) electrons. The number of carbonyl (C=O) groups is 1. The van der Waals surface area contributed by atoms with Crippen LogP contribution in [0.1, 0.15) is 32.6 Å². The number of halogens is 4. The number of nitrogens with one attached hydrogen (secondary N) is 1. The van der Waals surface area contributed by atoms with E-state index in [4.69, 9.17) is 0 Å². The molecule has 0 spiro atoms. The van der Waals surface area contributed by atoms with Gasteiger partial charge in [-0.2, -0.15) is 13.2 Å². The Labute approximate surface area is 123 Å². The molecule has 1 amide bonds. The van der Waals surface area contributed by atoms with Gasteiger partial charge in [0.25, 0.3) is 0 Å². The van der Waals surface area contributed by atoms with Gasteiger partial charge in [-0.3, -0.25) is 4.79 Å². The molecule has 20 heavy (non-hydrogen) atoms. The SMILES string of the molecule is CC1(C(=O)N2CCC(C(F)(F)F)CC2)CCCNC1.Cl. The Morgan fingerprint density at radius 1 is 1.30 bits per heavy atom. The molecule has 2 saturated heterocycles. The van der Waals surface area contributed by atoms with Crippen molar-refractivity contribution in [3.05, 3.63) is 0 Å². The van der Waals surface area contributed by atoms with Crippen LogP contribution in [-0.2, 0) is 4.79 Å². The highest BCUT2D eigenvalue weighted by Crippen LogP contribution is 2.36. The van der Waals surface area contributed by atoms with Crippen LogP contribution in [0.5, 0.6) is 0 Å². The number of hydrogen-bond acceptors (Lipinski definition) is 2. The Hall–Kier alpha value is -0.490. The molecule has 2 aliphatic rings. The number of likely N-dealkylation sites (tertiary alicyclic amines) is 1. The minimum Gasteiger partial charge on any atom is -0.342 e. The molecule has 2 fully saturated rings. The lowest BCUT2D eigenvalue weighted by atomic mass is 9.80. The minimum atomic E-state index is -4.12. The van der Waals surface area contributed by atoms with Crippen molar-refractivity contribution in [3.8, 4) is 0 Å². The second kappa shape index (κ2) is 6.52. The summed E-state index contributed by atoms with van der Waals surface area (Å²) in [5.41, 5.74) is -0.441. The Morgan fingerprint density at radius 3 is 2.35 bits per heavy atom. The summed E-state index contributed by atoms with van der Waals surface area (Å²) in [4.78, 5) is 14.1. The van der Waals surface area contributed by atoms with Crippen LogP contribution in [0.3, 0.4) is 0 Å². The van der Waals surface area contributed by atoms with Crippen LogP contribution < -0.4 is 5.32 Å². The number of piperidine rings is 2. The van der Waals surface area contributed by atoms with E-state index in [1.807, 2.05) is 6.92 Å². The average Bonchev–Trinajstić information content (AvgIpc) is 2.38. The van der Waals surface area contributed by atoms with Crippen molar-refractivity contribution in [1.29, 1.82) is 0 Å². The van der Waals surface area contributed by atoms with E-state index in [9.17, 15) is 18.0 Å². The fourth-order valence-electron chi connectivity index (χ4n) is 3.03. The highest BCUT2D eigenvalue weighted by atomic mass is 35.5. The van der Waals surface area contributed by atoms with Crippen LogP contribution in [0.2, 0.25) is 0 Å². The number of hydrogen-bond donors (Lipinski definition) is 1. The molecule has 7 heteroatoms. The third-order valence-electron chi connectivity index (χ3n) is 4.36. The van der Waals surface area contributed by atoms with E-state index < -0.39 is 17.5 Å². The molecule has 0 aromatic carbocycles. The predicted molar refractivity (Wildman–Crippen MR) is 72.8 cm³/mol. The molecule has 2 heterocycles. The number of rotatable bonds is 1. The standard InChI is InChI=1S/C13H21F3N2O.ClH/c1-12(5-2-6-17-9-12)11(19)18-7-3-10(4-8-18)13(14,15)16;/h10,17H,2-9H2,1H3;1H. The number of carbonyl (C=O) groups excluding carboxylic acids is 1. The van der Waals surface area contributed by atoms with Crippen molar-refractivity contribution >= 4 is 18.3 Å². The summed E-state index contributed by atoms with van der Waals surface area (Å²) in [6, 6.07) is 0. The largest absolute Gasteiger partial charge is 0.391 e. The third-order valence-corrected chi connectivity index (χ3v) is 4.36. The lowest BCUT2D eigenvalue weighted by Gasteiger charge is -2.40. The van der Waals surface area contributed by atoms with Crippen LogP contribution in [0.4, 0.5) is 13.2 Å². The molecular weight excluding hydrogens is 293 g/mol. The Kier molecular flexibility index (Phi) is 5.72. The highest BCUT2D eigenvalue weighted by molar-refractivity contribution is 5.85. The quantitative estimate of drug-likeness (QED) is 0.807. The molecular formula is C13H22ClF3N2O. The fourth-order valence-corrected chi connectivity index (χ4v) is 3.03. The van der Waals surface area contributed by atoms with Crippen molar-refractivity contribution in [1.82, 2.24) is 10.2 Å². The summed E-state index contributed by atoms with van der Waals surface area (Å²) < 4.78 is 37.8. The topological polar surface area (TPSA) is 32.3 Å². The number of amides is 1. The van der Waals surface area contributed by atoms with E-state index in [1.54, 1.807) is 4.90 Å². The van der Waals surface area contributed by atoms with Crippen molar-refractivity contribution in [3.63, 3.8) is 0 Å². The maximum Gasteiger partial charge on any atom is 0.391 e. The lowest BCUT2D eigenvalue weighted by Crippen LogP contribution is -2.52. The van der Waals surface area contributed by atoms with Gasteiger partial charge in [-0.1, -0.05) is 0 Å². The Morgan fingerprint density at radius 2 is 1.90 bits per heavy atom. The van der Waals surface area contributed by atoms with Crippen molar-refractivity contribution in [2.24, 2.45) is 11.3 Å². The molecule has 0 aromatic heterocycles. The zero-order valence-electron chi connectivity index (χ0n) is 11.6. The molecule has 118 valence electrons. The lowest BCUT2D eigenvalue weighted by molar-refractivity contribution is -0.187. The van der Waals surface area contributed by atoms with Gasteiger partial charge < -0.3 is 10.2 Å². The van der Waals surface area contributed by atoms with Gasteiger partial charge in [0.2, 0.25) is 5.91 Å². The monoisotopic (exact) mass is 314 g/mol. The van der Waals surface area contributed by atoms with Gasteiger partial charge in [0, 0.05) is 19.6 Å². The molecule has 3 nitrogen and oxygen atoms in total. The second-order valence-electron chi connectivity index (χ2n) is 5.95. The van der Waals surface area contributed by atoms with Gasteiger partial charge in [-0.15, -0.1) is 12.4 Å². The number of alkyl halides is 3. The average molecular weight is 315 g/mol. The van der Waals surface area contributed by atoms with Crippen LogP contribution in [0, 0.1) is 11.3 Å². The maximum absolute atomic E-state index is 12.6. The molecule has 0 aliphatic carbocycles. The Bertz CT molecular complexity index is 335. The predicted octanol–water partition coefficient (Wildman–Crippen LogP) is 2.60. The molecule has 2 aliphatic heterocycles. The zero-order chi connectivity index (χ0) is 14.1. The molecule has 1 atom stereocenters. The summed E-state index contributed by atoms with van der Waals surface area (Å²) in [6.07, 6.45) is -2.28. The van der Waals surface area contributed by atoms with Gasteiger partial charge in [0.05, 0.1) is 11.3 Å². The van der Waals surface area contributed by atoms with E-state index in [-0.39, 0.29) is 44.2 Å². The summed E-state index contributed by atoms with van der Waals surface area (Å²) in [5.74, 6) is -1.23. The normalized spacial score (nSPS) is 28.9. The van der Waals surface area contributed by atoms with Crippen LogP contribution >= 0.6 is 12.4 Å². The molecule has 0 aromatic rings. The summed E-state index contributed by atoms with van der Waals surface area (Å²) in [6.45, 7) is 3.93. The Balaban J connectivity index is 0.00000200. The van der Waals surface area contributed by atoms with Gasteiger partial charge in [-0.05, 0) is 39.2 Å². The molecule has 0 saturated carbocycles. The third kappa shape index (κ3) is 3.79. The molecule has 1 unspecified atom stereocenters. The van der Waals surface area contributed by atoms with Gasteiger partial charge in [0.1, 0.15) is 0 Å². The fraction of sp³-hybridized carbons (Fsp3) is 0.923. The number of nitrogens with zero attached hydrogens (tertiary/aromatic N) is 1.